The van der Waals surface area contributed by atoms with Gasteiger partial charge in [-0.2, -0.15) is 0 Å². The van der Waals surface area contributed by atoms with Gasteiger partial charge in [0.2, 0.25) is 0 Å². The van der Waals surface area contributed by atoms with Crippen LogP contribution >= 0.6 is 23.2 Å². The van der Waals surface area contributed by atoms with E-state index in [0.717, 1.165) is 0 Å². The van der Waals surface area contributed by atoms with Crippen LogP contribution in [0, 0.1) is 0 Å². The normalized spacial score (nSPS) is 10.1. The van der Waals surface area contributed by atoms with Gasteiger partial charge in [0.05, 0.1) is 6.20 Å². The third kappa shape index (κ3) is 4.97. The number of rotatable bonds is 5. The summed E-state index contributed by atoms with van der Waals surface area (Å²) in [6.45, 7) is 0.489. The minimum atomic E-state index is -1.11. The lowest BCUT2D eigenvalue weighted by molar-refractivity contribution is -0.119. The molecule has 1 aromatic rings. The van der Waals surface area contributed by atoms with E-state index >= 15 is 0 Å². The predicted molar refractivity (Wildman–Crippen MR) is 62.9 cm³/mol. The number of hydrogen-bond acceptors (Lipinski definition) is 4. The number of carbonyl (C=O) groups is 2. The fourth-order valence-corrected chi connectivity index (χ4v) is 1.10. The first-order valence-electron chi connectivity index (χ1n) is 4.71. The first kappa shape index (κ1) is 13.7. The van der Waals surface area contributed by atoms with Crippen molar-refractivity contribution in [3.8, 4) is 0 Å². The smallest absolute Gasteiger partial charge is 0.271 e. The van der Waals surface area contributed by atoms with Crippen molar-refractivity contribution in [3.63, 3.8) is 0 Å². The van der Waals surface area contributed by atoms with Gasteiger partial charge in [0, 0.05) is 25.5 Å². The number of nitrogens with zero attached hydrogens (tertiary/aromatic N) is 2. The van der Waals surface area contributed by atoms with E-state index in [0.29, 0.717) is 0 Å². The van der Waals surface area contributed by atoms with E-state index in [2.05, 4.69) is 20.6 Å². The number of amides is 2. The van der Waals surface area contributed by atoms with Crippen molar-refractivity contribution in [1.82, 2.24) is 20.6 Å². The van der Waals surface area contributed by atoms with Gasteiger partial charge in [-0.3, -0.25) is 14.6 Å². The summed E-state index contributed by atoms with van der Waals surface area (Å²) >= 11 is 10.6. The Morgan fingerprint density at radius 1 is 1.24 bits per heavy atom. The highest BCUT2D eigenvalue weighted by atomic mass is 35.5. The molecule has 6 nitrogen and oxygen atoms in total. The monoisotopic (exact) mass is 276 g/mol. The minimum absolute atomic E-state index is 0.214. The lowest BCUT2D eigenvalue weighted by atomic mass is 10.4. The predicted octanol–water partition coefficient (Wildman–Crippen LogP) is 0.126. The molecule has 17 heavy (non-hydrogen) atoms. The molecular weight excluding hydrogens is 267 g/mol. The topological polar surface area (TPSA) is 84.0 Å². The van der Waals surface area contributed by atoms with Crippen LogP contribution in [-0.2, 0) is 4.79 Å². The standard InChI is InChI=1S/C9H10Cl2N4O2/c10-7(11)9(17)15-4-3-14-8(16)6-5-12-1-2-13-6/h1-2,5,7H,3-4H2,(H,14,16)(H,15,17). The second-order valence-corrected chi connectivity index (χ2v) is 4.03. The Kier molecular flexibility index (Phi) is 5.65. The number of alkyl halides is 2. The number of halogens is 2. The maximum absolute atomic E-state index is 11.4. The molecule has 0 aliphatic heterocycles. The summed E-state index contributed by atoms with van der Waals surface area (Å²) in [5.74, 6) is -0.859. The molecule has 1 aromatic heterocycles. The van der Waals surface area contributed by atoms with Crippen LogP contribution < -0.4 is 10.6 Å². The lowest BCUT2D eigenvalue weighted by Gasteiger charge is -2.06. The molecule has 2 N–H and O–H groups in total. The summed E-state index contributed by atoms with van der Waals surface area (Å²) in [5.41, 5.74) is 0.214. The molecule has 1 heterocycles. The molecule has 0 unspecified atom stereocenters. The summed E-state index contributed by atoms with van der Waals surface area (Å²) in [7, 11) is 0. The molecule has 0 atom stereocenters. The largest absolute Gasteiger partial charge is 0.352 e. The summed E-state index contributed by atoms with van der Waals surface area (Å²) < 4.78 is 0. The highest BCUT2D eigenvalue weighted by Gasteiger charge is 2.10. The van der Waals surface area contributed by atoms with Crippen LogP contribution in [0.1, 0.15) is 10.5 Å². The Hall–Kier alpha value is -1.40. The van der Waals surface area contributed by atoms with E-state index < -0.39 is 10.7 Å². The van der Waals surface area contributed by atoms with Crippen LogP contribution in [0.5, 0.6) is 0 Å². The Bertz CT molecular complexity index is 386. The number of hydrogen-bond donors (Lipinski definition) is 2. The number of carbonyl (C=O) groups excluding carboxylic acids is 2. The maximum atomic E-state index is 11.4. The molecule has 0 saturated heterocycles. The first-order chi connectivity index (χ1) is 8.11. The Labute approximate surface area is 108 Å². The van der Waals surface area contributed by atoms with Gasteiger partial charge in [0.25, 0.3) is 11.8 Å². The molecule has 92 valence electrons. The SMILES string of the molecule is O=C(NCCNC(=O)C(Cl)Cl)c1cnccn1. The van der Waals surface area contributed by atoms with Gasteiger partial charge in [0.15, 0.2) is 4.84 Å². The van der Waals surface area contributed by atoms with Crippen molar-refractivity contribution in [3.05, 3.63) is 24.3 Å². The molecular formula is C9H10Cl2N4O2. The first-order valence-corrected chi connectivity index (χ1v) is 5.58. The minimum Gasteiger partial charge on any atom is -0.352 e. The van der Waals surface area contributed by atoms with Crippen molar-refractivity contribution in [2.45, 2.75) is 4.84 Å². The fraction of sp³-hybridized carbons (Fsp3) is 0.333. The lowest BCUT2D eigenvalue weighted by Crippen LogP contribution is -2.37. The average molecular weight is 277 g/mol. The van der Waals surface area contributed by atoms with E-state index in [4.69, 9.17) is 23.2 Å². The van der Waals surface area contributed by atoms with Crippen LogP contribution in [0.4, 0.5) is 0 Å². The zero-order chi connectivity index (χ0) is 12.7. The fourth-order valence-electron chi connectivity index (χ4n) is 0.946. The molecule has 2 amide bonds. The highest BCUT2D eigenvalue weighted by molar-refractivity contribution is 6.53. The van der Waals surface area contributed by atoms with Gasteiger partial charge in [-0.05, 0) is 0 Å². The summed E-state index contributed by atoms with van der Waals surface area (Å²) in [4.78, 5) is 28.9. The van der Waals surface area contributed by atoms with Crippen molar-refractivity contribution in [1.29, 1.82) is 0 Å². The van der Waals surface area contributed by atoms with E-state index in [9.17, 15) is 9.59 Å². The number of nitrogens with one attached hydrogen (secondary N) is 2. The maximum Gasteiger partial charge on any atom is 0.271 e. The summed E-state index contributed by atoms with van der Waals surface area (Å²) in [5, 5.41) is 4.99. The van der Waals surface area contributed by atoms with E-state index in [1.54, 1.807) is 0 Å². The molecule has 8 heteroatoms. The number of aromatic nitrogens is 2. The van der Waals surface area contributed by atoms with E-state index in [1.165, 1.54) is 18.6 Å². The van der Waals surface area contributed by atoms with Gasteiger partial charge in [0.1, 0.15) is 5.69 Å². The Morgan fingerprint density at radius 2 is 1.94 bits per heavy atom. The molecule has 0 spiro atoms. The van der Waals surface area contributed by atoms with Crippen LogP contribution in [0.15, 0.2) is 18.6 Å². The van der Waals surface area contributed by atoms with Crippen molar-refractivity contribution in [2.24, 2.45) is 0 Å². The quantitative estimate of drug-likeness (QED) is 0.591. The third-order valence-electron chi connectivity index (χ3n) is 1.70. The third-order valence-corrected chi connectivity index (χ3v) is 2.10. The van der Waals surface area contributed by atoms with Gasteiger partial charge in [-0.25, -0.2) is 4.98 Å². The van der Waals surface area contributed by atoms with Crippen LogP contribution in [-0.4, -0.2) is 39.7 Å². The molecule has 0 saturated carbocycles. The summed E-state index contributed by atoms with van der Waals surface area (Å²) in [6, 6.07) is 0. The molecule has 0 aliphatic rings. The molecule has 0 radical (unpaired) electrons. The second kappa shape index (κ2) is 7.03. The Balaban J connectivity index is 2.24. The van der Waals surface area contributed by atoms with Gasteiger partial charge in [-0.1, -0.05) is 23.2 Å². The molecule has 1 rings (SSSR count). The van der Waals surface area contributed by atoms with Crippen LogP contribution in [0.3, 0.4) is 0 Å². The molecule has 0 aliphatic carbocycles. The van der Waals surface area contributed by atoms with Gasteiger partial charge < -0.3 is 10.6 Å². The zero-order valence-electron chi connectivity index (χ0n) is 8.69. The van der Waals surface area contributed by atoms with E-state index in [-0.39, 0.29) is 24.7 Å². The average Bonchev–Trinajstić information content (AvgIpc) is 2.35. The molecule has 0 aromatic carbocycles. The highest BCUT2D eigenvalue weighted by Crippen LogP contribution is 1.99. The van der Waals surface area contributed by atoms with Crippen LogP contribution in [0.25, 0.3) is 0 Å². The second-order valence-electron chi connectivity index (χ2n) is 2.94. The van der Waals surface area contributed by atoms with Crippen molar-refractivity contribution >= 4 is 35.0 Å². The van der Waals surface area contributed by atoms with Gasteiger partial charge >= 0.3 is 0 Å². The summed E-state index contributed by atoms with van der Waals surface area (Å²) in [6.07, 6.45) is 4.24. The van der Waals surface area contributed by atoms with E-state index in [1.807, 2.05) is 0 Å². The van der Waals surface area contributed by atoms with Crippen LogP contribution in [0.2, 0.25) is 0 Å². The van der Waals surface area contributed by atoms with Gasteiger partial charge in [-0.15, -0.1) is 0 Å². The Morgan fingerprint density at radius 3 is 2.53 bits per heavy atom. The molecule has 0 fully saturated rings. The van der Waals surface area contributed by atoms with Crippen molar-refractivity contribution < 1.29 is 9.59 Å². The van der Waals surface area contributed by atoms with Crippen molar-refractivity contribution in [2.75, 3.05) is 13.1 Å². The zero-order valence-corrected chi connectivity index (χ0v) is 10.2. The molecule has 0 bridgehead atoms.